The lowest BCUT2D eigenvalue weighted by atomic mass is 10.2. The zero-order chi connectivity index (χ0) is 15.2. The Hall–Kier alpha value is -2.69. The first-order valence-electron chi connectivity index (χ1n) is 6.55. The third-order valence-corrected chi connectivity index (χ3v) is 3.02. The highest BCUT2D eigenvalue weighted by atomic mass is 16.5. The largest absolute Gasteiger partial charge is 0.508 e. The van der Waals surface area contributed by atoms with Crippen molar-refractivity contribution in [2.75, 3.05) is 19.4 Å². The van der Waals surface area contributed by atoms with Gasteiger partial charge in [0.05, 0.1) is 0 Å². The van der Waals surface area contributed by atoms with Gasteiger partial charge in [0, 0.05) is 19.3 Å². The monoisotopic (exact) mass is 286 g/mol. The first kappa shape index (κ1) is 14.7. The summed E-state index contributed by atoms with van der Waals surface area (Å²) < 4.78 is 5.41. The summed E-state index contributed by atoms with van der Waals surface area (Å²) in [4.78, 5) is 13.6. The van der Waals surface area contributed by atoms with E-state index in [0.29, 0.717) is 18.0 Å². The number of likely N-dealkylation sites (N-methyl/N-ethyl adjacent to an activating group) is 1. The molecule has 0 bridgehead atoms. The van der Waals surface area contributed by atoms with Gasteiger partial charge in [-0.05, 0) is 42.0 Å². The average Bonchev–Trinajstić information content (AvgIpc) is 2.48. The fraction of sp³-hybridized carbons (Fsp3) is 0.188. The number of carbonyl (C=O) groups excluding carboxylic acids is 1. The summed E-state index contributed by atoms with van der Waals surface area (Å²) in [6.07, 6.45) is 0. The average molecular weight is 286 g/mol. The van der Waals surface area contributed by atoms with Crippen LogP contribution in [0.25, 0.3) is 0 Å². The second-order valence-electron chi connectivity index (χ2n) is 4.77. The number of nitrogens with zero attached hydrogens (tertiary/aromatic N) is 1. The van der Waals surface area contributed by atoms with Gasteiger partial charge in [-0.15, -0.1) is 0 Å². The Morgan fingerprint density at radius 1 is 1.14 bits per heavy atom. The number of nitrogen functional groups attached to an aromatic ring is 1. The molecule has 3 N–H and O–H groups in total. The number of anilines is 1. The smallest absolute Gasteiger partial charge is 0.260 e. The molecule has 1 amide bonds. The molecule has 0 radical (unpaired) electrons. The van der Waals surface area contributed by atoms with E-state index >= 15 is 0 Å². The third kappa shape index (κ3) is 4.42. The van der Waals surface area contributed by atoms with Crippen LogP contribution in [0.2, 0.25) is 0 Å². The number of amides is 1. The van der Waals surface area contributed by atoms with Crippen LogP contribution in [0.5, 0.6) is 11.5 Å². The fourth-order valence-electron chi connectivity index (χ4n) is 1.78. The van der Waals surface area contributed by atoms with Crippen molar-refractivity contribution >= 4 is 11.6 Å². The molecular weight excluding hydrogens is 268 g/mol. The number of benzene rings is 2. The number of ether oxygens (including phenoxy) is 1. The maximum atomic E-state index is 12.0. The van der Waals surface area contributed by atoms with Crippen LogP contribution in [0.4, 0.5) is 5.69 Å². The van der Waals surface area contributed by atoms with Crippen molar-refractivity contribution in [2.24, 2.45) is 0 Å². The van der Waals surface area contributed by atoms with Crippen LogP contribution in [0.15, 0.2) is 48.5 Å². The van der Waals surface area contributed by atoms with Gasteiger partial charge < -0.3 is 20.5 Å². The van der Waals surface area contributed by atoms with Crippen molar-refractivity contribution in [3.8, 4) is 11.5 Å². The van der Waals surface area contributed by atoms with E-state index in [0.717, 1.165) is 5.56 Å². The van der Waals surface area contributed by atoms with E-state index in [1.807, 2.05) is 0 Å². The maximum absolute atomic E-state index is 12.0. The fourth-order valence-corrected chi connectivity index (χ4v) is 1.78. The molecule has 0 aliphatic carbocycles. The van der Waals surface area contributed by atoms with Crippen LogP contribution in [-0.2, 0) is 11.3 Å². The van der Waals surface area contributed by atoms with E-state index < -0.39 is 0 Å². The topological polar surface area (TPSA) is 75.8 Å². The van der Waals surface area contributed by atoms with E-state index in [1.54, 1.807) is 60.5 Å². The molecule has 0 spiro atoms. The first-order valence-corrected chi connectivity index (χ1v) is 6.55. The lowest BCUT2D eigenvalue weighted by Crippen LogP contribution is -2.30. The van der Waals surface area contributed by atoms with Crippen molar-refractivity contribution in [1.82, 2.24) is 4.90 Å². The van der Waals surface area contributed by atoms with Gasteiger partial charge in [-0.1, -0.05) is 12.1 Å². The molecule has 0 saturated heterocycles. The second-order valence-corrected chi connectivity index (χ2v) is 4.77. The standard InChI is InChI=1S/C16H18N2O3/c1-18(10-12-2-6-14(19)7-3-12)16(20)11-21-15-8-4-13(17)5-9-15/h2-9,19H,10-11,17H2,1H3. The van der Waals surface area contributed by atoms with Crippen LogP contribution in [0.3, 0.4) is 0 Å². The van der Waals surface area contributed by atoms with Gasteiger partial charge in [0.2, 0.25) is 0 Å². The molecule has 5 heteroatoms. The van der Waals surface area contributed by atoms with Crippen molar-refractivity contribution in [1.29, 1.82) is 0 Å². The molecule has 2 aromatic carbocycles. The predicted octanol–water partition coefficient (Wildman–Crippen LogP) is 2.01. The van der Waals surface area contributed by atoms with Gasteiger partial charge in [0.25, 0.3) is 5.91 Å². The number of carbonyl (C=O) groups is 1. The normalized spacial score (nSPS) is 10.1. The SMILES string of the molecule is CN(Cc1ccc(O)cc1)C(=O)COc1ccc(N)cc1. The summed E-state index contributed by atoms with van der Waals surface area (Å²) in [5.41, 5.74) is 7.17. The highest BCUT2D eigenvalue weighted by Gasteiger charge is 2.10. The Morgan fingerprint density at radius 2 is 1.76 bits per heavy atom. The predicted molar refractivity (Wildman–Crippen MR) is 80.9 cm³/mol. The number of phenols is 1. The Balaban J connectivity index is 1.84. The summed E-state index contributed by atoms with van der Waals surface area (Å²) in [5, 5.41) is 9.22. The summed E-state index contributed by atoms with van der Waals surface area (Å²) in [6.45, 7) is 0.433. The van der Waals surface area contributed by atoms with E-state index in [4.69, 9.17) is 10.5 Å². The zero-order valence-corrected chi connectivity index (χ0v) is 11.8. The quantitative estimate of drug-likeness (QED) is 0.824. The summed E-state index contributed by atoms with van der Waals surface area (Å²) in [5.74, 6) is 0.690. The minimum absolute atomic E-state index is 0.0293. The van der Waals surface area contributed by atoms with Gasteiger partial charge in [-0.25, -0.2) is 0 Å². The van der Waals surface area contributed by atoms with Crippen LogP contribution in [-0.4, -0.2) is 29.6 Å². The van der Waals surface area contributed by atoms with Gasteiger partial charge >= 0.3 is 0 Å². The van der Waals surface area contributed by atoms with E-state index in [-0.39, 0.29) is 18.3 Å². The number of nitrogens with two attached hydrogens (primary N) is 1. The minimum Gasteiger partial charge on any atom is -0.508 e. The van der Waals surface area contributed by atoms with Crippen molar-refractivity contribution in [3.05, 3.63) is 54.1 Å². The van der Waals surface area contributed by atoms with Crippen LogP contribution >= 0.6 is 0 Å². The molecule has 0 heterocycles. The van der Waals surface area contributed by atoms with Crippen molar-refractivity contribution < 1.29 is 14.6 Å². The molecular formula is C16H18N2O3. The minimum atomic E-state index is -0.125. The summed E-state index contributed by atoms with van der Waals surface area (Å²) in [6, 6.07) is 13.6. The number of hydrogen-bond acceptors (Lipinski definition) is 4. The van der Waals surface area contributed by atoms with Crippen LogP contribution < -0.4 is 10.5 Å². The molecule has 0 aliphatic rings. The maximum Gasteiger partial charge on any atom is 0.260 e. The van der Waals surface area contributed by atoms with E-state index in [9.17, 15) is 9.90 Å². The van der Waals surface area contributed by atoms with Gasteiger partial charge in [0.15, 0.2) is 6.61 Å². The Bertz CT molecular complexity index is 594. The molecule has 21 heavy (non-hydrogen) atoms. The van der Waals surface area contributed by atoms with Crippen molar-refractivity contribution in [3.63, 3.8) is 0 Å². The Labute approximate surface area is 123 Å². The number of hydrogen-bond donors (Lipinski definition) is 2. The Kier molecular flexibility index (Phi) is 4.66. The van der Waals surface area contributed by atoms with Gasteiger partial charge in [-0.2, -0.15) is 0 Å². The number of rotatable bonds is 5. The zero-order valence-electron chi connectivity index (χ0n) is 11.8. The molecule has 110 valence electrons. The van der Waals surface area contributed by atoms with Gasteiger partial charge in [-0.3, -0.25) is 4.79 Å². The van der Waals surface area contributed by atoms with Crippen molar-refractivity contribution in [2.45, 2.75) is 6.54 Å². The number of phenolic OH excluding ortho intramolecular Hbond substituents is 1. The highest BCUT2D eigenvalue weighted by Crippen LogP contribution is 2.14. The first-order chi connectivity index (χ1) is 10.0. The van der Waals surface area contributed by atoms with Crippen LogP contribution in [0, 0.1) is 0 Å². The molecule has 2 rings (SSSR count). The summed E-state index contributed by atoms with van der Waals surface area (Å²) in [7, 11) is 1.71. The molecule has 5 nitrogen and oxygen atoms in total. The highest BCUT2D eigenvalue weighted by molar-refractivity contribution is 5.77. The molecule has 0 unspecified atom stereocenters. The van der Waals surface area contributed by atoms with E-state index in [1.165, 1.54) is 0 Å². The second kappa shape index (κ2) is 6.65. The number of aromatic hydroxyl groups is 1. The molecule has 0 aliphatic heterocycles. The molecule has 2 aromatic rings. The lowest BCUT2D eigenvalue weighted by Gasteiger charge is -2.17. The summed E-state index contributed by atoms with van der Waals surface area (Å²) >= 11 is 0. The van der Waals surface area contributed by atoms with E-state index in [2.05, 4.69) is 0 Å². The van der Waals surface area contributed by atoms with Gasteiger partial charge in [0.1, 0.15) is 11.5 Å². The molecule has 0 aromatic heterocycles. The van der Waals surface area contributed by atoms with Crippen LogP contribution in [0.1, 0.15) is 5.56 Å². The molecule has 0 atom stereocenters. The molecule has 0 saturated carbocycles. The molecule has 0 fully saturated rings. The third-order valence-electron chi connectivity index (χ3n) is 3.02. The Morgan fingerprint density at radius 3 is 2.38 bits per heavy atom. The lowest BCUT2D eigenvalue weighted by molar-refractivity contribution is -0.132.